The van der Waals surface area contributed by atoms with Crippen LogP contribution in [0.25, 0.3) is 0 Å². The Hall–Kier alpha value is -1.73. The van der Waals surface area contributed by atoms with Crippen LogP contribution in [0.4, 0.5) is 0 Å². The molecule has 1 saturated carbocycles. The molecule has 1 amide bonds. The average Bonchev–Trinajstić information content (AvgIpc) is 3.39. The fourth-order valence-corrected chi connectivity index (χ4v) is 5.00. The standard InChI is InChI=1S/C20H29N5OS/c26-20(17-9-12-25(24-17)16-7-4-10-21-13-16)22-11-8-19-23-18(14-27-19)15-5-2-1-3-6-15/h9,12,14-16,21H,1-8,10-11,13H2,(H,22,26). The second-order valence-corrected chi connectivity index (χ2v) is 8.63. The molecule has 0 radical (unpaired) electrons. The van der Waals surface area contributed by atoms with Crippen LogP contribution in [0.1, 0.15) is 78.1 Å². The first-order valence-corrected chi connectivity index (χ1v) is 11.2. The molecule has 146 valence electrons. The molecular weight excluding hydrogens is 358 g/mol. The molecule has 0 bridgehead atoms. The van der Waals surface area contributed by atoms with E-state index in [0.717, 1.165) is 37.4 Å². The molecule has 1 atom stereocenters. The number of carbonyl (C=O) groups excluding carboxylic acids is 1. The molecule has 27 heavy (non-hydrogen) atoms. The van der Waals surface area contributed by atoms with Gasteiger partial charge in [-0.1, -0.05) is 19.3 Å². The maximum Gasteiger partial charge on any atom is 0.271 e. The lowest BCUT2D eigenvalue weighted by molar-refractivity contribution is 0.0947. The lowest BCUT2D eigenvalue weighted by Crippen LogP contribution is -2.32. The van der Waals surface area contributed by atoms with Crippen molar-refractivity contribution in [2.24, 2.45) is 0 Å². The van der Waals surface area contributed by atoms with E-state index < -0.39 is 0 Å². The number of rotatable bonds is 6. The molecule has 0 spiro atoms. The smallest absolute Gasteiger partial charge is 0.271 e. The molecule has 2 aliphatic rings. The fraction of sp³-hybridized carbons (Fsp3) is 0.650. The van der Waals surface area contributed by atoms with Crippen molar-refractivity contribution < 1.29 is 4.79 Å². The number of nitrogens with one attached hydrogen (secondary N) is 2. The molecule has 6 nitrogen and oxygen atoms in total. The van der Waals surface area contributed by atoms with Crippen LogP contribution < -0.4 is 10.6 Å². The topological polar surface area (TPSA) is 71.8 Å². The molecule has 2 fully saturated rings. The van der Waals surface area contributed by atoms with Crippen molar-refractivity contribution in [2.75, 3.05) is 19.6 Å². The number of hydrogen-bond donors (Lipinski definition) is 2. The second kappa shape index (κ2) is 8.97. The molecule has 1 aliphatic heterocycles. The second-order valence-electron chi connectivity index (χ2n) is 7.69. The molecule has 7 heteroatoms. The van der Waals surface area contributed by atoms with Gasteiger partial charge in [0.05, 0.1) is 16.7 Å². The zero-order valence-electron chi connectivity index (χ0n) is 15.8. The van der Waals surface area contributed by atoms with Crippen molar-refractivity contribution in [3.05, 3.63) is 34.0 Å². The van der Waals surface area contributed by atoms with Crippen LogP contribution in [0, 0.1) is 0 Å². The van der Waals surface area contributed by atoms with Crippen molar-refractivity contribution in [2.45, 2.75) is 63.3 Å². The maximum absolute atomic E-state index is 12.4. The largest absolute Gasteiger partial charge is 0.350 e. The molecular formula is C20H29N5OS. The normalized spacial score (nSPS) is 21.3. The van der Waals surface area contributed by atoms with E-state index >= 15 is 0 Å². The summed E-state index contributed by atoms with van der Waals surface area (Å²) in [5.41, 5.74) is 1.77. The van der Waals surface area contributed by atoms with E-state index in [1.54, 1.807) is 11.3 Å². The van der Waals surface area contributed by atoms with Gasteiger partial charge >= 0.3 is 0 Å². The highest BCUT2D eigenvalue weighted by atomic mass is 32.1. The van der Waals surface area contributed by atoms with Gasteiger partial charge in [-0.15, -0.1) is 11.3 Å². The van der Waals surface area contributed by atoms with Crippen LogP contribution in [-0.4, -0.2) is 40.3 Å². The number of thiazole rings is 1. The Morgan fingerprint density at radius 3 is 2.96 bits per heavy atom. The van der Waals surface area contributed by atoms with Gasteiger partial charge in [-0.25, -0.2) is 4.98 Å². The van der Waals surface area contributed by atoms with Crippen LogP contribution in [-0.2, 0) is 6.42 Å². The van der Waals surface area contributed by atoms with E-state index in [-0.39, 0.29) is 5.91 Å². The minimum atomic E-state index is -0.0958. The number of amides is 1. The number of hydrogen-bond acceptors (Lipinski definition) is 5. The Morgan fingerprint density at radius 1 is 1.26 bits per heavy atom. The van der Waals surface area contributed by atoms with Gasteiger partial charge in [-0.05, 0) is 38.3 Å². The van der Waals surface area contributed by atoms with Crippen LogP contribution >= 0.6 is 11.3 Å². The summed E-state index contributed by atoms with van der Waals surface area (Å²) in [6.07, 6.45) is 11.6. The van der Waals surface area contributed by atoms with Gasteiger partial charge < -0.3 is 10.6 Å². The molecule has 0 aromatic carbocycles. The molecule has 2 N–H and O–H groups in total. The fourth-order valence-electron chi connectivity index (χ4n) is 4.12. The highest BCUT2D eigenvalue weighted by Gasteiger charge is 2.19. The predicted octanol–water partition coefficient (Wildman–Crippen LogP) is 3.28. The van der Waals surface area contributed by atoms with E-state index in [2.05, 4.69) is 21.1 Å². The van der Waals surface area contributed by atoms with Crippen molar-refractivity contribution in [1.29, 1.82) is 0 Å². The van der Waals surface area contributed by atoms with Crippen molar-refractivity contribution in [3.8, 4) is 0 Å². The third-order valence-electron chi connectivity index (χ3n) is 5.70. The summed E-state index contributed by atoms with van der Waals surface area (Å²) in [5.74, 6) is 0.554. The molecule has 4 rings (SSSR count). The Kier molecular flexibility index (Phi) is 6.19. The summed E-state index contributed by atoms with van der Waals surface area (Å²) in [7, 11) is 0. The highest BCUT2D eigenvalue weighted by Crippen LogP contribution is 2.33. The van der Waals surface area contributed by atoms with Crippen molar-refractivity contribution in [1.82, 2.24) is 25.4 Å². The summed E-state index contributed by atoms with van der Waals surface area (Å²) < 4.78 is 1.93. The van der Waals surface area contributed by atoms with Crippen molar-refractivity contribution in [3.63, 3.8) is 0 Å². The lowest BCUT2D eigenvalue weighted by Gasteiger charge is -2.22. The molecule has 2 aromatic heterocycles. The minimum Gasteiger partial charge on any atom is -0.350 e. The number of aromatic nitrogens is 3. The maximum atomic E-state index is 12.4. The average molecular weight is 388 g/mol. The highest BCUT2D eigenvalue weighted by molar-refractivity contribution is 7.09. The van der Waals surface area contributed by atoms with Crippen LogP contribution in [0.15, 0.2) is 17.6 Å². The Bertz CT molecular complexity index is 743. The predicted molar refractivity (Wildman–Crippen MR) is 107 cm³/mol. The first kappa shape index (κ1) is 18.6. The van der Waals surface area contributed by atoms with Gasteiger partial charge in [0.1, 0.15) is 5.69 Å². The summed E-state index contributed by atoms with van der Waals surface area (Å²) in [6.45, 7) is 2.61. The monoisotopic (exact) mass is 387 g/mol. The van der Waals surface area contributed by atoms with E-state index in [1.807, 2.05) is 16.9 Å². The molecule has 1 saturated heterocycles. The zero-order valence-corrected chi connectivity index (χ0v) is 16.6. The number of nitrogens with zero attached hydrogens (tertiary/aromatic N) is 3. The van der Waals surface area contributed by atoms with Gasteiger partial charge in [-0.2, -0.15) is 5.10 Å². The summed E-state index contributed by atoms with van der Waals surface area (Å²) in [5, 5.41) is 14.2. The van der Waals surface area contributed by atoms with Crippen molar-refractivity contribution >= 4 is 17.2 Å². The van der Waals surface area contributed by atoms with Crippen LogP contribution in [0.5, 0.6) is 0 Å². The minimum absolute atomic E-state index is 0.0958. The Morgan fingerprint density at radius 2 is 2.15 bits per heavy atom. The van der Waals surface area contributed by atoms with E-state index in [4.69, 9.17) is 4.98 Å². The zero-order chi connectivity index (χ0) is 18.5. The van der Waals surface area contributed by atoms with Gasteiger partial charge in [0, 0.05) is 37.0 Å². The molecule has 1 unspecified atom stereocenters. The third kappa shape index (κ3) is 4.76. The summed E-state index contributed by atoms with van der Waals surface area (Å²) in [6, 6.07) is 2.17. The van der Waals surface area contributed by atoms with Crippen LogP contribution in [0.2, 0.25) is 0 Å². The molecule has 1 aliphatic carbocycles. The molecule has 2 aromatic rings. The van der Waals surface area contributed by atoms with Gasteiger partial charge in [-0.3, -0.25) is 9.48 Å². The third-order valence-corrected chi connectivity index (χ3v) is 6.63. The van der Waals surface area contributed by atoms with Crippen LogP contribution in [0.3, 0.4) is 0 Å². The first-order valence-electron chi connectivity index (χ1n) is 10.3. The summed E-state index contributed by atoms with van der Waals surface area (Å²) in [4.78, 5) is 17.2. The lowest BCUT2D eigenvalue weighted by atomic mass is 9.87. The van der Waals surface area contributed by atoms with Gasteiger partial charge in [0.15, 0.2) is 0 Å². The molecule has 3 heterocycles. The number of carbonyl (C=O) groups is 1. The Balaban J connectivity index is 1.25. The van der Waals surface area contributed by atoms with E-state index in [9.17, 15) is 4.79 Å². The SMILES string of the molecule is O=C(NCCc1nc(C2CCCCC2)cs1)c1ccn(C2CCCNC2)n1. The van der Waals surface area contributed by atoms with E-state index in [1.165, 1.54) is 37.8 Å². The van der Waals surface area contributed by atoms with Gasteiger partial charge in [0.25, 0.3) is 5.91 Å². The number of piperidine rings is 1. The van der Waals surface area contributed by atoms with Gasteiger partial charge in [0.2, 0.25) is 0 Å². The first-order chi connectivity index (χ1) is 13.3. The quantitative estimate of drug-likeness (QED) is 0.798. The summed E-state index contributed by atoms with van der Waals surface area (Å²) >= 11 is 1.72. The Labute approximate surface area is 164 Å². The van der Waals surface area contributed by atoms with E-state index in [0.29, 0.717) is 24.2 Å².